The van der Waals surface area contributed by atoms with Gasteiger partial charge >= 0.3 is 5.97 Å². The van der Waals surface area contributed by atoms with Crippen LogP contribution in [-0.2, 0) is 0 Å². The molecule has 0 atom stereocenters. The summed E-state index contributed by atoms with van der Waals surface area (Å²) in [6, 6.07) is 11.3. The molecule has 94 valence electrons. The molecule has 0 aliphatic rings. The van der Waals surface area contributed by atoms with Crippen molar-refractivity contribution in [3.8, 4) is 18.1 Å². The van der Waals surface area contributed by atoms with Crippen molar-refractivity contribution in [1.29, 1.82) is 0 Å². The fourth-order valence-corrected chi connectivity index (χ4v) is 1.61. The molecule has 0 aliphatic heterocycles. The maximum Gasteiger partial charge on any atom is 0.343 e. The molecule has 0 aliphatic carbocycles. The number of ether oxygens (including phenoxy) is 1. The molecule has 0 unspecified atom stereocenters. The van der Waals surface area contributed by atoms with Gasteiger partial charge in [-0.05, 0) is 36.4 Å². The summed E-state index contributed by atoms with van der Waals surface area (Å²) in [5.41, 5.74) is 13.0. The molecule has 2 aromatic carbocycles. The highest BCUT2D eigenvalue weighted by Crippen LogP contribution is 2.18. The number of benzene rings is 2. The molecular weight excluding hydrogens is 240 g/mol. The summed E-state index contributed by atoms with van der Waals surface area (Å²) in [7, 11) is 0. The molecule has 4 nitrogen and oxygen atoms in total. The van der Waals surface area contributed by atoms with Crippen molar-refractivity contribution in [2.45, 2.75) is 0 Å². The third-order valence-corrected chi connectivity index (χ3v) is 2.42. The Hall–Kier alpha value is -2.93. The Morgan fingerprint density at radius 2 is 1.79 bits per heavy atom. The van der Waals surface area contributed by atoms with Gasteiger partial charge in [-0.15, -0.1) is 6.42 Å². The normalized spacial score (nSPS) is 9.63. The van der Waals surface area contributed by atoms with Crippen LogP contribution in [0, 0.1) is 12.3 Å². The quantitative estimate of drug-likeness (QED) is 0.371. The van der Waals surface area contributed by atoms with Crippen LogP contribution in [0.3, 0.4) is 0 Å². The average Bonchev–Trinajstić information content (AvgIpc) is 2.37. The van der Waals surface area contributed by atoms with Crippen LogP contribution in [0.25, 0.3) is 0 Å². The van der Waals surface area contributed by atoms with Gasteiger partial charge in [-0.25, -0.2) is 4.79 Å². The smallest absolute Gasteiger partial charge is 0.343 e. The van der Waals surface area contributed by atoms with Crippen molar-refractivity contribution in [2.75, 3.05) is 11.5 Å². The molecule has 0 fully saturated rings. The van der Waals surface area contributed by atoms with Crippen LogP contribution in [0.2, 0.25) is 0 Å². The lowest BCUT2D eigenvalue weighted by atomic mass is 10.2. The monoisotopic (exact) mass is 252 g/mol. The SMILES string of the molecule is C#Cc1cccc(OC(=O)c2cc(N)cc(N)c2)c1. The summed E-state index contributed by atoms with van der Waals surface area (Å²) in [5, 5.41) is 0. The average molecular weight is 252 g/mol. The minimum absolute atomic E-state index is 0.295. The Labute approximate surface area is 111 Å². The summed E-state index contributed by atoms with van der Waals surface area (Å²) in [6.07, 6.45) is 5.28. The number of rotatable bonds is 2. The lowest BCUT2D eigenvalue weighted by molar-refractivity contribution is 0.0735. The highest BCUT2D eigenvalue weighted by atomic mass is 16.5. The van der Waals surface area contributed by atoms with Crippen molar-refractivity contribution in [1.82, 2.24) is 0 Å². The molecule has 0 amide bonds. The second-order valence-electron chi connectivity index (χ2n) is 3.95. The van der Waals surface area contributed by atoms with E-state index in [0.717, 1.165) is 0 Å². The fourth-order valence-electron chi connectivity index (χ4n) is 1.61. The topological polar surface area (TPSA) is 78.3 Å². The zero-order chi connectivity index (χ0) is 13.8. The lowest BCUT2D eigenvalue weighted by Crippen LogP contribution is -2.09. The van der Waals surface area contributed by atoms with E-state index in [4.69, 9.17) is 22.6 Å². The van der Waals surface area contributed by atoms with Crippen LogP contribution in [0.4, 0.5) is 11.4 Å². The molecule has 4 N–H and O–H groups in total. The Balaban J connectivity index is 2.23. The Kier molecular flexibility index (Phi) is 3.39. The van der Waals surface area contributed by atoms with E-state index in [-0.39, 0.29) is 0 Å². The molecule has 0 radical (unpaired) electrons. The molecule has 19 heavy (non-hydrogen) atoms. The van der Waals surface area contributed by atoms with Crippen molar-refractivity contribution in [3.63, 3.8) is 0 Å². The summed E-state index contributed by atoms with van der Waals surface area (Å²) < 4.78 is 5.21. The summed E-state index contributed by atoms with van der Waals surface area (Å²) in [4.78, 5) is 11.9. The number of carbonyl (C=O) groups excluding carboxylic acids is 1. The Morgan fingerprint density at radius 3 is 2.42 bits per heavy atom. The minimum Gasteiger partial charge on any atom is -0.423 e. The molecule has 2 aromatic rings. The fraction of sp³-hybridized carbons (Fsp3) is 0. The van der Waals surface area contributed by atoms with E-state index < -0.39 is 5.97 Å². The van der Waals surface area contributed by atoms with Crippen molar-refractivity contribution < 1.29 is 9.53 Å². The van der Waals surface area contributed by atoms with Gasteiger partial charge in [-0.3, -0.25) is 0 Å². The van der Waals surface area contributed by atoms with Gasteiger partial charge < -0.3 is 16.2 Å². The van der Waals surface area contributed by atoms with E-state index in [9.17, 15) is 4.79 Å². The largest absolute Gasteiger partial charge is 0.423 e. The maximum atomic E-state index is 11.9. The van der Waals surface area contributed by atoms with Crippen LogP contribution in [0.15, 0.2) is 42.5 Å². The number of carbonyl (C=O) groups is 1. The van der Waals surface area contributed by atoms with Gasteiger partial charge in [-0.2, -0.15) is 0 Å². The van der Waals surface area contributed by atoms with E-state index in [1.54, 1.807) is 30.3 Å². The zero-order valence-electron chi connectivity index (χ0n) is 10.1. The molecular formula is C15H12N2O2. The van der Waals surface area contributed by atoms with E-state index in [0.29, 0.717) is 28.3 Å². The standard InChI is InChI=1S/C15H12N2O2/c1-2-10-4-3-5-14(6-10)19-15(18)11-7-12(16)9-13(17)8-11/h1,3-9H,16-17H2. The number of terminal acetylenes is 1. The Morgan fingerprint density at radius 1 is 1.11 bits per heavy atom. The van der Waals surface area contributed by atoms with Crippen molar-refractivity contribution in [2.24, 2.45) is 0 Å². The first kappa shape index (κ1) is 12.5. The van der Waals surface area contributed by atoms with Crippen LogP contribution in [-0.4, -0.2) is 5.97 Å². The van der Waals surface area contributed by atoms with Crippen LogP contribution in [0.5, 0.6) is 5.75 Å². The van der Waals surface area contributed by atoms with Gasteiger partial charge in [0.05, 0.1) is 5.56 Å². The first-order chi connectivity index (χ1) is 9.08. The maximum absolute atomic E-state index is 11.9. The predicted molar refractivity (Wildman–Crippen MR) is 74.6 cm³/mol. The van der Waals surface area contributed by atoms with Crippen molar-refractivity contribution >= 4 is 17.3 Å². The van der Waals surface area contributed by atoms with Gasteiger partial charge in [0, 0.05) is 16.9 Å². The van der Waals surface area contributed by atoms with E-state index in [1.165, 1.54) is 12.1 Å². The predicted octanol–water partition coefficient (Wildman–Crippen LogP) is 2.05. The summed E-state index contributed by atoms with van der Waals surface area (Å²) in [5.74, 6) is 2.31. The lowest BCUT2D eigenvalue weighted by Gasteiger charge is -2.06. The third kappa shape index (κ3) is 3.05. The first-order valence-electron chi connectivity index (χ1n) is 5.53. The zero-order valence-corrected chi connectivity index (χ0v) is 10.1. The number of anilines is 2. The van der Waals surface area contributed by atoms with E-state index in [1.807, 2.05) is 0 Å². The molecule has 0 saturated carbocycles. The summed E-state index contributed by atoms with van der Waals surface area (Å²) >= 11 is 0. The van der Waals surface area contributed by atoms with Gasteiger partial charge in [0.1, 0.15) is 5.75 Å². The highest BCUT2D eigenvalue weighted by molar-refractivity contribution is 5.93. The molecule has 0 aromatic heterocycles. The second-order valence-corrected chi connectivity index (χ2v) is 3.95. The number of hydrogen-bond donors (Lipinski definition) is 2. The van der Waals surface area contributed by atoms with Crippen LogP contribution >= 0.6 is 0 Å². The van der Waals surface area contributed by atoms with Gasteiger partial charge in [-0.1, -0.05) is 12.0 Å². The van der Waals surface area contributed by atoms with Gasteiger partial charge in [0.15, 0.2) is 0 Å². The molecule has 0 heterocycles. The molecule has 4 heteroatoms. The minimum atomic E-state index is -0.534. The van der Waals surface area contributed by atoms with Crippen LogP contribution < -0.4 is 16.2 Å². The van der Waals surface area contributed by atoms with Crippen LogP contribution in [0.1, 0.15) is 15.9 Å². The first-order valence-corrected chi connectivity index (χ1v) is 5.53. The third-order valence-electron chi connectivity index (χ3n) is 2.42. The molecule has 2 rings (SSSR count). The second kappa shape index (κ2) is 5.15. The number of esters is 1. The number of nitrogens with two attached hydrogens (primary N) is 2. The molecule has 0 saturated heterocycles. The van der Waals surface area contributed by atoms with E-state index >= 15 is 0 Å². The number of hydrogen-bond acceptors (Lipinski definition) is 4. The highest BCUT2D eigenvalue weighted by Gasteiger charge is 2.10. The van der Waals surface area contributed by atoms with Crippen molar-refractivity contribution in [3.05, 3.63) is 53.6 Å². The molecule has 0 bridgehead atoms. The van der Waals surface area contributed by atoms with Gasteiger partial charge in [0.25, 0.3) is 0 Å². The van der Waals surface area contributed by atoms with Gasteiger partial charge in [0.2, 0.25) is 0 Å². The summed E-state index contributed by atoms with van der Waals surface area (Å²) in [6.45, 7) is 0. The number of nitrogen functional groups attached to an aromatic ring is 2. The Bertz CT molecular complexity index is 652. The molecule has 0 spiro atoms. The van der Waals surface area contributed by atoms with E-state index in [2.05, 4.69) is 5.92 Å².